The van der Waals surface area contributed by atoms with Crippen LogP contribution >= 0.6 is 23.4 Å². The van der Waals surface area contributed by atoms with Gasteiger partial charge in [-0.3, -0.25) is 9.69 Å². The number of hydrogen-bond acceptors (Lipinski definition) is 3. The Morgan fingerprint density at radius 3 is 2.16 bits per heavy atom. The van der Waals surface area contributed by atoms with Crippen LogP contribution in [0.25, 0.3) is 0 Å². The normalized spacial score (nSPS) is 16.6. The Morgan fingerprint density at radius 2 is 1.53 bits per heavy atom. The standard InChI is InChI=1S/C26H30ClN3OS/c1-32-20-13-24(28-14-5-6-15-28)26(31)30-18-16-29(17-19-30)25(21-7-3-2-4-8-21)22-9-11-23(27)12-10-22/h2-12,14-15,24-25H,13,16-20H2,1H3/t24-,25-/m1/s1. The van der Waals surface area contributed by atoms with Crippen LogP contribution in [0.4, 0.5) is 0 Å². The summed E-state index contributed by atoms with van der Waals surface area (Å²) in [5, 5.41) is 0.747. The lowest BCUT2D eigenvalue weighted by molar-refractivity contribution is -0.136. The van der Waals surface area contributed by atoms with Crippen LogP contribution in [0, 0.1) is 0 Å². The topological polar surface area (TPSA) is 28.5 Å². The van der Waals surface area contributed by atoms with Crippen molar-refractivity contribution in [3.8, 4) is 0 Å². The van der Waals surface area contributed by atoms with Gasteiger partial charge in [0.05, 0.1) is 6.04 Å². The van der Waals surface area contributed by atoms with Crippen molar-refractivity contribution in [2.24, 2.45) is 0 Å². The van der Waals surface area contributed by atoms with E-state index in [1.54, 1.807) is 11.8 Å². The molecule has 32 heavy (non-hydrogen) atoms. The Kier molecular flexibility index (Phi) is 7.95. The molecule has 1 aliphatic rings. The minimum Gasteiger partial charge on any atom is -0.342 e. The molecule has 1 amide bonds. The molecule has 0 spiro atoms. The molecule has 3 aromatic rings. The highest BCUT2D eigenvalue weighted by atomic mass is 35.5. The first-order valence-corrected chi connectivity index (χ1v) is 12.9. The number of carbonyl (C=O) groups is 1. The zero-order valence-electron chi connectivity index (χ0n) is 18.4. The summed E-state index contributed by atoms with van der Waals surface area (Å²) in [5.74, 6) is 1.21. The average Bonchev–Trinajstić information content (AvgIpc) is 3.36. The van der Waals surface area contributed by atoms with E-state index in [2.05, 4.69) is 58.2 Å². The molecule has 6 heteroatoms. The molecule has 0 saturated carbocycles. The molecule has 0 bridgehead atoms. The van der Waals surface area contributed by atoms with Crippen LogP contribution in [0.2, 0.25) is 5.02 Å². The number of rotatable bonds is 8. The Labute approximate surface area is 200 Å². The monoisotopic (exact) mass is 467 g/mol. The Balaban J connectivity index is 1.49. The molecule has 4 rings (SSSR count). The summed E-state index contributed by atoms with van der Waals surface area (Å²) in [7, 11) is 0. The van der Waals surface area contributed by atoms with Crippen LogP contribution < -0.4 is 0 Å². The Hall–Kier alpha value is -2.21. The zero-order valence-corrected chi connectivity index (χ0v) is 20.0. The molecule has 168 valence electrons. The van der Waals surface area contributed by atoms with Gasteiger partial charge < -0.3 is 9.47 Å². The fourth-order valence-electron chi connectivity index (χ4n) is 4.49. The molecule has 2 atom stereocenters. The van der Waals surface area contributed by atoms with Crippen LogP contribution in [0.3, 0.4) is 0 Å². The molecule has 0 aliphatic carbocycles. The number of nitrogens with zero attached hydrogens (tertiary/aromatic N) is 3. The van der Waals surface area contributed by atoms with Gasteiger partial charge in [-0.1, -0.05) is 54.1 Å². The largest absolute Gasteiger partial charge is 0.342 e. The third-order valence-electron chi connectivity index (χ3n) is 6.16. The van der Waals surface area contributed by atoms with Crippen molar-refractivity contribution >= 4 is 29.3 Å². The predicted molar refractivity (Wildman–Crippen MR) is 134 cm³/mol. The molecule has 0 N–H and O–H groups in total. The van der Waals surface area contributed by atoms with Gasteiger partial charge in [-0.2, -0.15) is 11.8 Å². The molecular formula is C26H30ClN3OS. The van der Waals surface area contributed by atoms with Crippen molar-refractivity contribution in [2.45, 2.75) is 18.5 Å². The van der Waals surface area contributed by atoms with Crippen molar-refractivity contribution in [1.82, 2.24) is 14.4 Å². The predicted octanol–water partition coefficient (Wildman–Crippen LogP) is 5.37. The maximum Gasteiger partial charge on any atom is 0.245 e. The molecule has 4 nitrogen and oxygen atoms in total. The Morgan fingerprint density at radius 1 is 0.906 bits per heavy atom. The van der Waals surface area contributed by atoms with Crippen molar-refractivity contribution in [3.63, 3.8) is 0 Å². The quantitative estimate of drug-likeness (QED) is 0.446. The van der Waals surface area contributed by atoms with Gasteiger partial charge in [0, 0.05) is 43.6 Å². The van der Waals surface area contributed by atoms with E-state index in [1.165, 1.54) is 11.1 Å². The smallest absolute Gasteiger partial charge is 0.245 e. The third kappa shape index (κ3) is 5.40. The molecule has 2 aromatic carbocycles. The lowest BCUT2D eigenvalue weighted by Gasteiger charge is -2.41. The lowest BCUT2D eigenvalue weighted by Crippen LogP contribution is -2.51. The van der Waals surface area contributed by atoms with Gasteiger partial charge in [0.15, 0.2) is 0 Å². The molecule has 0 unspecified atom stereocenters. The number of benzene rings is 2. The van der Waals surface area contributed by atoms with E-state index in [0.29, 0.717) is 0 Å². The fourth-order valence-corrected chi connectivity index (χ4v) is 5.08. The lowest BCUT2D eigenvalue weighted by atomic mass is 9.96. The number of carbonyl (C=O) groups excluding carboxylic acids is 1. The van der Waals surface area contributed by atoms with Crippen LogP contribution in [0.5, 0.6) is 0 Å². The summed E-state index contributed by atoms with van der Waals surface area (Å²) in [4.78, 5) is 17.9. The summed E-state index contributed by atoms with van der Waals surface area (Å²) in [5.41, 5.74) is 2.49. The van der Waals surface area contributed by atoms with Gasteiger partial charge in [-0.05, 0) is 53.8 Å². The highest BCUT2D eigenvalue weighted by Gasteiger charge is 2.31. The Bertz CT molecular complexity index is 970. The van der Waals surface area contributed by atoms with Gasteiger partial charge >= 0.3 is 0 Å². The van der Waals surface area contributed by atoms with E-state index in [-0.39, 0.29) is 18.0 Å². The second-order valence-corrected chi connectivity index (χ2v) is 9.58. The SMILES string of the molecule is CSCC[C@H](C(=O)N1CCN([C@H](c2ccccc2)c2ccc(Cl)cc2)CC1)n1cccc1. The molecule has 2 heterocycles. The van der Waals surface area contributed by atoms with Crippen molar-refractivity contribution in [2.75, 3.05) is 38.2 Å². The highest BCUT2D eigenvalue weighted by Crippen LogP contribution is 2.31. The number of piperazine rings is 1. The van der Waals surface area contributed by atoms with E-state index in [4.69, 9.17) is 11.6 Å². The van der Waals surface area contributed by atoms with E-state index >= 15 is 0 Å². The van der Waals surface area contributed by atoms with E-state index in [1.807, 2.05) is 41.6 Å². The highest BCUT2D eigenvalue weighted by molar-refractivity contribution is 7.98. The average molecular weight is 468 g/mol. The fraction of sp³-hybridized carbons (Fsp3) is 0.346. The minimum atomic E-state index is -0.120. The number of thioether (sulfide) groups is 1. The maximum absolute atomic E-state index is 13.4. The van der Waals surface area contributed by atoms with Crippen molar-refractivity contribution in [3.05, 3.63) is 95.3 Å². The molecule has 1 fully saturated rings. The van der Waals surface area contributed by atoms with Gasteiger partial charge in [0.2, 0.25) is 5.91 Å². The summed E-state index contributed by atoms with van der Waals surface area (Å²) in [6.07, 6.45) is 6.96. The van der Waals surface area contributed by atoms with E-state index in [9.17, 15) is 4.79 Å². The van der Waals surface area contributed by atoms with Gasteiger partial charge in [-0.25, -0.2) is 0 Å². The number of amides is 1. The van der Waals surface area contributed by atoms with Crippen molar-refractivity contribution in [1.29, 1.82) is 0 Å². The zero-order chi connectivity index (χ0) is 22.3. The van der Waals surface area contributed by atoms with Gasteiger partial charge in [0.1, 0.15) is 6.04 Å². The summed E-state index contributed by atoms with van der Waals surface area (Å²) < 4.78 is 2.06. The number of halogens is 1. The second kappa shape index (κ2) is 11.1. The van der Waals surface area contributed by atoms with Gasteiger partial charge in [-0.15, -0.1) is 0 Å². The molecular weight excluding hydrogens is 438 g/mol. The van der Waals surface area contributed by atoms with Crippen LogP contribution in [0.15, 0.2) is 79.1 Å². The first-order valence-electron chi connectivity index (χ1n) is 11.1. The van der Waals surface area contributed by atoms with Crippen LogP contribution in [-0.4, -0.2) is 58.5 Å². The van der Waals surface area contributed by atoms with Crippen LogP contribution in [0.1, 0.15) is 29.6 Å². The van der Waals surface area contributed by atoms with E-state index in [0.717, 1.165) is 43.4 Å². The third-order valence-corrected chi connectivity index (χ3v) is 7.06. The van der Waals surface area contributed by atoms with Gasteiger partial charge in [0.25, 0.3) is 0 Å². The van der Waals surface area contributed by atoms with Crippen LogP contribution in [-0.2, 0) is 4.79 Å². The maximum atomic E-state index is 13.4. The first kappa shape index (κ1) is 23.0. The summed E-state index contributed by atoms with van der Waals surface area (Å²) >= 11 is 7.94. The second-order valence-electron chi connectivity index (χ2n) is 8.15. The molecule has 1 aliphatic heterocycles. The number of aromatic nitrogens is 1. The minimum absolute atomic E-state index is 0.120. The molecule has 1 saturated heterocycles. The number of hydrogen-bond donors (Lipinski definition) is 0. The van der Waals surface area contributed by atoms with E-state index < -0.39 is 0 Å². The summed E-state index contributed by atoms with van der Waals surface area (Å²) in [6.45, 7) is 3.17. The van der Waals surface area contributed by atoms with Crippen molar-refractivity contribution < 1.29 is 4.79 Å². The summed E-state index contributed by atoms with van der Waals surface area (Å²) in [6, 6.07) is 22.8. The first-order chi connectivity index (χ1) is 15.7. The molecule has 1 aromatic heterocycles. The molecule has 0 radical (unpaired) electrons.